The van der Waals surface area contributed by atoms with Crippen LogP contribution in [0.5, 0.6) is 0 Å². The van der Waals surface area contributed by atoms with Crippen LogP contribution in [-0.2, 0) is 32.9 Å². The number of aliphatic hydroxyl groups excluding tert-OH is 2. The normalized spacial score (nSPS) is 32.6. The summed E-state index contributed by atoms with van der Waals surface area (Å²) in [5, 5.41) is 21.4. The smallest absolute Gasteiger partial charge is 0.456 e. The van der Waals surface area contributed by atoms with Gasteiger partial charge < -0.3 is 39.5 Å². The lowest BCUT2D eigenvalue weighted by Crippen LogP contribution is -2.62. The Morgan fingerprint density at radius 2 is 1.83 bits per heavy atom. The molecular formula is C14H23N2O12P. The van der Waals surface area contributed by atoms with Crippen molar-refractivity contribution in [3.8, 4) is 0 Å². The molecule has 2 aliphatic heterocycles. The molecule has 2 unspecified atom stereocenters. The van der Waals surface area contributed by atoms with Crippen molar-refractivity contribution in [2.24, 2.45) is 5.92 Å². The van der Waals surface area contributed by atoms with Gasteiger partial charge in [0.1, 0.15) is 12.3 Å². The van der Waals surface area contributed by atoms with E-state index < -0.39 is 75.7 Å². The van der Waals surface area contributed by atoms with Gasteiger partial charge in [-0.1, -0.05) is 0 Å². The van der Waals surface area contributed by atoms with Crippen LogP contribution in [0, 0.1) is 5.92 Å². The van der Waals surface area contributed by atoms with Gasteiger partial charge in [-0.15, -0.1) is 0 Å². The standard InChI is InChI=1S/C14H23N2O12P/c1-6(18)26-10-9(5-25-29(22,23)24)28-13(11(10)27-7(2)19)16-3-8(4-17)12(20)15-14(16)21/h8-13,17,20H,3-5H2,1-2H3,(H,15,21)(H2,22,23,24)/t8?,9-,10-,11+,12?,13-/m1/s1. The Morgan fingerprint density at radius 3 is 2.34 bits per heavy atom. The zero-order chi connectivity index (χ0) is 21.9. The number of ether oxygens (including phenoxy) is 3. The van der Waals surface area contributed by atoms with Gasteiger partial charge in [-0.25, -0.2) is 9.36 Å². The number of phosphoric acid groups is 1. The van der Waals surface area contributed by atoms with Gasteiger partial charge in [0, 0.05) is 26.3 Å². The Kier molecular flexibility index (Phi) is 7.56. The zero-order valence-corrected chi connectivity index (χ0v) is 16.4. The highest BCUT2D eigenvalue weighted by atomic mass is 31.2. The molecule has 0 bridgehead atoms. The number of aliphatic hydroxyl groups is 2. The highest BCUT2D eigenvalue weighted by Crippen LogP contribution is 2.38. The van der Waals surface area contributed by atoms with E-state index in [9.17, 15) is 29.2 Å². The number of nitrogens with one attached hydrogen (secondary N) is 1. The third-order valence-electron chi connectivity index (χ3n) is 4.25. The molecule has 2 rings (SSSR count). The van der Waals surface area contributed by atoms with Crippen LogP contribution >= 0.6 is 7.82 Å². The number of carbonyl (C=O) groups excluding carboxylic acids is 3. The molecule has 166 valence electrons. The predicted molar refractivity (Wildman–Crippen MR) is 89.6 cm³/mol. The van der Waals surface area contributed by atoms with Gasteiger partial charge >= 0.3 is 25.8 Å². The molecule has 14 nitrogen and oxygen atoms in total. The summed E-state index contributed by atoms with van der Waals surface area (Å²) in [7, 11) is -4.90. The third kappa shape index (κ3) is 6.09. The van der Waals surface area contributed by atoms with Crippen LogP contribution < -0.4 is 5.32 Å². The van der Waals surface area contributed by atoms with Gasteiger partial charge in [-0.05, 0) is 0 Å². The summed E-state index contributed by atoms with van der Waals surface area (Å²) in [6.07, 6.45) is -6.68. The van der Waals surface area contributed by atoms with E-state index >= 15 is 0 Å². The molecule has 0 spiro atoms. The van der Waals surface area contributed by atoms with E-state index in [0.29, 0.717) is 0 Å². The van der Waals surface area contributed by atoms with Gasteiger partial charge in [0.05, 0.1) is 13.2 Å². The quantitative estimate of drug-likeness (QED) is 0.208. The average molecular weight is 442 g/mol. The Balaban J connectivity index is 2.32. The minimum absolute atomic E-state index is 0.204. The van der Waals surface area contributed by atoms with Gasteiger partial charge in [0.25, 0.3) is 0 Å². The van der Waals surface area contributed by atoms with E-state index in [1.807, 2.05) is 0 Å². The van der Waals surface area contributed by atoms with Gasteiger partial charge in [0.15, 0.2) is 18.4 Å². The third-order valence-corrected chi connectivity index (χ3v) is 4.73. The SMILES string of the molecule is CC(=O)O[C@H]1[C@H](OC(C)=O)[C@@H](COP(=O)(O)O)O[C@H]1N1CC(CO)C(O)NC1=O. The summed E-state index contributed by atoms with van der Waals surface area (Å²) in [6, 6.07) is -0.817. The van der Waals surface area contributed by atoms with Gasteiger partial charge in [-0.3, -0.25) is 19.0 Å². The average Bonchev–Trinajstić information content (AvgIpc) is 2.89. The van der Waals surface area contributed by atoms with E-state index in [1.165, 1.54) is 0 Å². The van der Waals surface area contributed by atoms with Crippen LogP contribution in [-0.4, -0.2) is 93.4 Å². The molecule has 5 N–H and O–H groups in total. The van der Waals surface area contributed by atoms with Gasteiger partial charge in [-0.2, -0.15) is 0 Å². The molecule has 2 heterocycles. The number of phosphoric ester groups is 1. The molecule has 0 aromatic heterocycles. The van der Waals surface area contributed by atoms with Crippen molar-refractivity contribution in [2.45, 2.75) is 44.6 Å². The largest absolute Gasteiger partial charge is 0.469 e. The van der Waals surface area contributed by atoms with Crippen molar-refractivity contribution in [3.63, 3.8) is 0 Å². The highest BCUT2D eigenvalue weighted by Gasteiger charge is 2.54. The fraction of sp³-hybridized carbons (Fsp3) is 0.786. The molecule has 0 aromatic carbocycles. The van der Waals surface area contributed by atoms with Crippen molar-refractivity contribution in [3.05, 3.63) is 0 Å². The number of rotatable bonds is 7. The Bertz CT molecular complexity index is 684. The Labute approximate surface area is 164 Å². The summed E-state index contributed by atoms with van der Waals surface area (Å²) >= 11 is 0. The lowest BCUT2D eigenvalue weighted by atomic mass is 10.0. The molecule has 29 heavy (non-hydrogen) atoms. The summed E-state index contributed by atoms with van der Waals surface area (Å²) in [4.78, 5) is 54.2. The summed E-state index contributed by atoms with van der Waals surface area (Å²) < 4.78 is 31.3. The molecular weight excluding hydrogens is 419 g/mol. The van der Waals surface area contributed by atoms with E-state index in [0.717, 1.165) is 18.7 Å². The molecule has 2 amide bonds. The van der Waals surface area contributed by atoms with E-state index in [-0.39, 0.29) is 6.54 Å². The number of urea groups is 1. The second-order valence-electron chi connectivity index (χ2n) is 6.49. The zero-order valence-electron chi connectivity index (χ0n) is 15.5. The molecule has 15 heteroatoms. The van der Waals surface area contributed by atoms with Crippen molar-refractivity contribution in [2.75, 3.05) is 19.8 Å². The summed E-state index contributed by atoms with van der Waals surface area (Å²) in [6.45, 7) is 0.701. The van der Waals surface area contributed by atoms with Crippen LogP contribution in [0.3, 0.4) is 0 Å². The number of hydrogen-bond acceptors (Lipinski definition) is 10. The van der Waals surface area contributed by atoms with Crippen LogP contribution in [0.25, 0.3) is 0 Å². The topological polar surface area (TPSA) is 201 Å². The van der Waals surface area contributed by atoms with Crippen molar-refractivity contribution in [1.29, 1.82) is 0 Å². The first-order valence-corrected chi connectivity index (χ1v) is 10.0. The minimum Gasteiger partial charge on any atom is -0.456 e. The minimum atomic E-state index is -4.90. The second-order valence-corrected chi connectivity index (χ2v) is 7.73. The van der Waals surface area contributed by atoms with Crippen LogP contribution in [0.2, 0.25) is 0 Å². The fourth-order valence-corrected chi connectivity index (χ4v) is 3.40. The molecule has 0 aromatic rings. The Morgan fingerprint density at radius 1 is 1.24 bits per heavy atom. The monoisotopic (exact) mass is 442 g/mol. The van der Waals surface area contributed by atoms with Crippen molar-refractivity contribution >= 4 is 25.8 Å². The number of amides is 2. The predicted octanol–water partition coefficient (Wildman–Crippen LogP) is -2.36. The molecule has 2 fully saturated rings. The van der Waals surface area contributed by atoms with Gasteiger partial charge in [0.2, 0.25) is 0 Å². The first kappa shape index (κ1) is 23.5. The lowest BCUT2D eigenvalue weighted by molar-refractivity contribution is -0.167. The summed E-state index contributed by atoms with van der Waals surface area (Å²) in [5.74, 6) is -2.40. The number of nitrogens with zero attached hydrogens (tertiary/aromatic N) is 1. The maximum Gasteiger partial charge on any atom is 0.469 e. The van der Waals surface area contributed by atoms with Crippen LogP contribution in [0.1, 0.15) is 13.8 Å². The molecule has 2 aliphatic rings. The molecule has 0 aliphatic carbocycles. The molecule has 0 radical (unpaired) electrons. The highest BCUT2D eigenvalue weighted by molar-refractivity contribution is 7.46. The van der Waals surface area contributed by atoms with Crippen molar-refractivity contribution < 1.29 is 57.7 Å². The van der Waals surface area contributed by atoms with Crippen LogP contribution in [0.15, 0.2) is 0 Å². The number of carbonyl (C=O) groups is 3. The molecule has 6 atom stereocenters. The maximum atomic E-state index is 12.3. The van der Waals surface area contributed by atoms with E-state index in [2.05, 4.69) is 9.84 Å². The molecule has 0 saturated carbocycles. The first-order valence-electron chi connectivity index (χ1n) is 8.49. The number of hydrogen-bond donors (Lipinski definition) is 5. The van der Waals surface area contributed by atoms with Crippen LogP contribution in [0.4, 0.5) is 4.79 Å². The van der Waals surface area contributed by atoms with E-state index in [4.69, 9.17) is 24.0 Å². The fourth-order valence-electron chi connectivity index (χ4n) is 3.05. The van der Waals surface area contributed by atoms with Crippen molar-refractivity contribution in [1.82, 2.24) is 10.2 Å². The first-order chi connectivity index (χ1) is 13.4. The lowest BCUT2D eigenvalue weighted by Gasteiger charge is -2.40. The maximum absolute atomic E-state index is 12.3. The second kappa shape index (κ2) is 9.34. The Hall–Kier alpha value is -1.80. The van der Waals surface area contributed by atoms with E-state index in [1.54, 1.807) is 0 Å². The summed E-state index contributed by atoms with van der Waals surface area (Å²) in [5.41, 5.74) is 0. The number of esters is 2. The molecule has 2 saturated heterocycles.